The van der Waals surface area contributed by atoms with Crippen molar-refractivity contribution in [3.8, 4) is 0 Å². The first-order valence-electron chi connectivity index (χ1n) is 12.6. The summed E-state index contributed by atoms with van der Waals surface area (Å²) in [5.74, 6) is -1.49. The molecule has 3 aliphatic rings. The molecule has 2 fully saturated rings. The van der Waals surface area contributed by atoms with Crippen molar-refractivity contribution in [3.05, 3.63) is 59.6 Å². The second-order valence-corrected chi connectivity index (χ2v) is 12.2. The molecule has 1 saturated heterocycles. The van der Waals surface area contributed by atoms with Crippen molar-refractivity contribution in [2.75, 3.05) is 11.1 Å². The Bertz CT molecular complexity index is 1470. The minimum absolute atomic E-state index is 0.0154. The monoisotopic (exact) mass is 550 g/mol. The molecule has 1 aliphatic carbocycles. The van der Waals surface area contributed by atoms with E-state index in [1.165, 1.54) is 16.2 Å². The van der Waals surface area contributed by atoms with Crippen LogP contribution in [0.5, 0.6) is 0 Å². The van der Waals surface area contributed by atoms with Crippen molar-refractivity contribution in [2.45, 2.75) is 42.7 Å². The Balaban J connectivity index is 1.19. The van der Waals surface area contributed by atoms with Crippen molar-refractivity contribution in [2.24, 2.45) is 17.8 Å². The third-order valence-corrected chi connectivity index (χ3v) is 10.0. The van der Waals surface area contributed by atoms with Crippen LogP contribution in [0.15, 0.2) is 58.2 Å². The summed E-state index contributed by atoms with van der Waals surface area (Å²) in [7, 11) is 0. The number of hydrogen-bond donors (Lipinski definition) is 3. The zero-order valence-electron chi connectivity index (χ0n) is 20.5. The number of amides is 2. The number of benzene rings is 1. The third kappa shape index (κ3) is 4.18. The highest BCUT2D eigenvalue weighted by molar-refractivity contribution is 8.01. The van der Waals surface area contributed by atoms with Gasteiger partial charge in [0.2, 0.25) is 5.91 Å². The number of aliphatic carboxylic acids is 1. The van der Waals surface area contributed by atoms with Gasteiger partial charge in [-0.05, 0) is 61.6 Å². The van der Waals surface area contributed by atoms with Gasteiger partial charge in [0.1, 0.15) is 11.4 Å². The van der Waals surface area contributed by atoms with E-state index < -0.39 is 18.0 Å². The Morgan fingerprint density at radius 2 is 2.11 bits per heavy atom. The highest BCUT2D eigenvalue weighted by atomic mass is 32.2. The minimum atomic E-state index is -1.07. The molecule has 38 heavy (non-hydrogen) atoms. The van der Waals surface area contributed by atoms with Gasteiger partial charge in [-0.2, -0.15) is 0 Å². The number of pyridine rings is 1. The standard InChI is InChI=1S/C27H26N4O5S2/c1-13(32)20-22-16-6-4-5-14(21(16)23(26(35)36)31(22)25(20)34)12-37-27-30-17-9-8-15(11-19(17)38-27)29-24(33)18-7-2-3-10-28-18/h2-3,7-11,13-14,16,20,22,32H,4-6,12H2,1H3,(H,29,33)(H,35,36)/t13-,14+,16+,20-,22-/m1/s1. The van der Waals surface area contributed by atoms with Crippen LogP contribution in [-0.4, -0.2) is 60.8 Å². The SMILES string of the molecule is C[C@@H](O)[C@H]1C(=O)N2C(C(=O)O)=C3[C@H](CSc4nc5ccc(NC(=O)c6ccccn6)cc5s4)CCC[C@@H]3[C@H]12. The predicted octanol–water partition coefficient (Wildman–Crippen LogP) is 4.01. The number of rotatable bonds is 7. The average molecular weight is 551 g/mol. The Kier molecular flexibility index (Phi) is 6.45. The number of aliphatic hydroxyl groups is 1. The number of carbonyl (C=O) groups is 3. The Morgan fingerprint density at radius 3 is 2.84 bits per heavy atom. The minimum Gasteiger partial charge on any atom is -0.477 e. The molecular formula is C27H26N4O5S2. The highest BCUT2D eigenvalue weighted by Gasteiger charge is 2.62. The van der Waals surface area contributed by atoms with E-state index in [4.69, 9.17) is 4.98 Å². The van der Waals surface area contributed by atoms with Gasteiger partial charge in [0.25, 0.3) is 5.91 Å². The number of nitrogens with zero attached hydrogens (tertiary/aromatic N) is 3. The van der Waals surface area contributed by atoms with Crippen LogP contribution in [-0.2, 0) is 9.59 Å². The highest BCUT2D eigenvalue weighted by Crippen LogP contribution is 2.54. The molecule has 0 bridgehead atoms. The number of hydrogen-bond acceptors (Lipinski definition) is 8. The molecule has 5 atom stereocenters. The second-order valence-electron chi connectivity index (χ2n) is 9.95. The summed E-state index contributed by atoms with van der Waals surface area (Å²) in [6.07, 6.45) is 3.43. The molecule has 2 aliphatic heterocycles. The van der Waals surface area contributed by atoms with E-state index in [1.54, 1.807) is 43.1 Å². The second kappa shape index (κ2) is 9.79. The predicted molar refractivity (Wildman–Crippen MR) is 144 cm³/mol. The number of carbonyl (C=O) groups excluding carboxylic acids is 2. The lowest BCUT2D eigenvalue weighted by molar-refractivity contribution is -0.163. The first-order chi connectivity index (χ1) is 18.3. The fourth-order valence-electron chi connectivity index (χ4n) is 6.08. The molecule has 1 saturated carbocycles. The summed E-state index contributed by atoms with van der Waals surface area (Å²) in [6.45, 7) is 1.61. The van der Waals surface area contributed by atoms with Crippen molar-refractivity contribution in [3.63, 3.8) is 0 Å². The molecule has 1 aromatic carbocycles. The number of aromatic nitrogens is 2. The van der Waals surface area contributed by atoms with E-state index in [0.29, 0.717) is 17.1 Å². The molecule has 0 unspecified atom stereocenters. The van der Waals surface area contributed by atoms with E-state index in [9.17, 15) is 24.6 Å². The lowest BCUT2D eigenvalue weighted by Crippen LogP contribution is -2.64. The zero-order valence-corrected chi connectivity index (χ0v) is 22.2. The number of carboxylic acids is 1. The molecular weight excluding hydrogens is 524 g/mol. The molecule has 3 aromatic rings. The van der Waals surface area contributed by atoms with Gasteiger partial charge in [0.15, 0.2) is 4.34 Å². The van der Waals surface area contributed by atoms with Crippen LogP contribution in [0.2, 0.25) is 0 Å². The first-order valence-corrected chi connectivity index (χ1v) is 14.4. The number of β-lactam (4-membered cyclic amide) rings is 1. The van der Waals surface area contributed by atoms with Crippen molar-refractivity contribution < 1.29 is 24.6 Å². The van der Waals surface area contributed by atoms with E-state index >= 15 is 0 Å². The average Bonchev–Trinajstić information content (AvgIpc) is 3.44. The summed E-state index contributed by atoms with van der Waals surface area (Å²) < 4.78 is 1.81. The van der Waals surface area contributed by atoms with Crippen LogP contribution in [0.25, 0.3) is 10.2 Å². The Morgan fingerprint density at radius 1 is 1.26 bits per heavy atom. The lowest BCUT2D eigenvalue weighted by Gasteiger charge is -2.47. The zero-order chi connectivity index (χ0) is 26.6. The van der Waals surface area contributed by atoms with Gasteiger partial charge >= 0.3 is 5.97 Å². The number of fused-ring (bicyclic) bond motifs is 4. The molecule has 3 N–H and O–H groups in total. The number of anilines is 1. The topological polar surface area (TPSA) is 133 Å². The van der Waals surface area contributed by atoms with E-state index in [0.717, 1.165) is 39.4 Å². The summed E-state index contributed by atoms with van der Waals surface area (Å²) in [5.41, 5.74) is 2.82. The Hall–Kier alpha value is -3.28. The first kappa shape index (κ1) is 25.0. The molecule has 196 valence electrons. The molecule has 0 radical (unpaired) electrons. The largest absolute Gasteiger partial charge is 0.477 e. The molecule has 2 aromatic heterocycles. The maximum atomic E-state index is 12.7. The van der Waals surface area contributed by atoms with Gasteiger partial charge in [-0.1, -0.05) is 24.2 Å². The number of thioether (sulfide) groups is 1. The van der Waals surface area contributed by atoms with Gasteiger partial charge < -0.3 is 20.4 Å². The number of carboxylic acid groups (broad SMARTS) is 1. The fraction of sp³-hybridized carbons (Fsp3) is 0.370. The van der Waals surface area contributed by atoms with Crippen LogP contribution >= 0.6 is 23.1 Å². The molecule has 11 heteroatoms. The summed E-state index contributed by atoms with van der Waals surface area (Å²) in [6, 6.07) is 10.5. The van der Waals surface area contributed by atoms with Crippen molar-refractivity contribution >= 4 is 56.8 Å². The maximum absolute atomic E-state index is 12.7. The maximum Gasteiger partial charge on any atom is 0.352 e. The summed E-state index contributed by atoms with van der Waals surface area (Å²) in [4.78, 5) is 47.7. The fourth-order valence-corrected chi connectivity index (χ4v) is 8.38. The molecule has 9 nitrogen and oxygen atoms in total. The summed E-state index contributed by atoms with van der Waals surface area (Å²) in [5, 5.41) is 23.1. The van der Waals surface area contributed by atoms with Crippen molar-refractivity contribution in [1.29, 1.82) is 0 Å². The van der Waals surface area contributed by atoms with Crippen molar-refractivity contribution in [1.82, 2.24) is 14.9 Å². The van der Waals surface area contributed by atoms with Gasteiger partial charge in [-0.25, -0.2) is 9.78 Å². The van der Waals surface area contributed by atoms with Crippen LogP contribution in [0.3, 0.4) is 0 Å². The third-order valence-electron chi connectivity index (χ3n) is 7.68. The number of nitrogens with one attached hydrogen (secondary N) is 1. The molecule has 0 spiro atoms. The number of thiazole rings is 1. The van der Waals surface area contributed by atoms with Crippen LogP contribution in [0, 0.1) is 17.8 Å². The van der Waals surface area contributed by atoms with E-state index in [2.05, 4.69) is 10.3 Å². The van der Waals surface area contributed by atoms with E-state index in [1.807, 2.05) is 18.2 Å². The van der Waals surface area contributed by atoms with Gasteiger partial charge in [-0.15, -0.1) is 11.3 Å². The Labute approximate surface area is 227 Å². The number of aliphatic hydroxyl groups excluding tert-OH is 1. The van der Waals surface area contributed by atoms with Gasteiger partial charge in [0.05, 0.1) is 28.3 Å². The molecule has 2 amide bonds. The van der Waals surface area contributed by atoms with Crippen LogP contribution in [0.4, 0.5) is 5.69 Å². The molecule has 6 rings (SSSR count). The van der Waals surface area contributed by atoms with Crippen LogP contribution in [0.1, 0.15) is 36.7 Å². The lowest BCUT2D eigenvalue weighted by atomic mass is 9.70. The van der Waals surface area contributed by atoms with E-state index in [-0.39, 0.29) is 35.4 Å². The smallest absolute Gasteiger partial charge is 0.352 e. The summed E-state index contributed by atoms with van der Waals surface area (Å²) >= 11 is 3.12. The molecule has 4 heterocycles. The van der Waals surface area contributed by atoms with Gasteiger partial charge in [-0.3, -0.25) is 14.6 Å². The van der Waals surface area contributed by atoms with Crippen LogP contribution < -0.4 is 5.32 Å². The van der Waals surface area contributed by atoms with Gasteiger partial charge in [0, 0.05) is 23.6 Å². The quantitative estimate of drug-likeness (QED) is 0.297. The normalized spacial score (nSPS) is 25.1.